The molecular formula is C22H19ClF6N8O2. The number of nitrogens with zero attached hydrogens (tertiary/aromatic N) is 7. The normalized spacial score (nSPS) is 13.0. The number of aliphatic hydroxyl groups excluding tert-OH is 1. The molecule has 4 aromatic rings. The molecule has 3 aromatic heterocycles. The highest BCUT2D eigenvalue weighted by Gasteiger charge is 2.39. The molecule has 3 heterocycles. The van der Waals surface area contributed by atoms with Gasteiger partial charge < -0.3 is 10.4 Å². The summed E-state index contributed by atoms with van der Waals surface area (Å²) >= 11 is 5.88. The van der Waals surface area contributed by atoms with Gasteiger partial charge in [-0.1, -0.05) is 11.6 Å². The van der Waals surface area contributed by atoms with Crippen LogP contribution in [0.1, 0.15) is 12.2 Å². The standard InChI is InChI=1S/C22H19ClF6N8O2/c23-14-5-3-13(4-6-14)19-34-36(20(39)35(19)10-16(38)22(27,28)29)11-17-32-12-37(33-17)15-2-1-8-30-18(15)31-9-7-21(24,25)26/h1-6,8,12,16,38H,7,9-11H2,(H,30,31). The van der Waals surface area contributed by atoms with Crippen molar-refractivity contribution < 1.29 is 31.4 Å². The van der Waals surface area contributed by atoms with Gasteiger partial charge in [0.15, 0.2) is 23.6 Å². The van der Waals surface area contributed by atoms with Crippen LogP contribution in [-0.4, -0.2) is 64.2 Å². The number of alkyl halides is 6. The summed E-state index contributed by atoms with van der Waals surface area (Å²) in [5.41, 5.74) is -0.421. The van der Waals surface area contributed by atoms with E-state index >= 15 is 0 Å². The first-order valence-corrected chi connectivity index (χ1v) is 11.5. The van der Waals surface area contributed by atoms with Gasteiger partial charge in [0, 0.05) is 23.3 Å². The highest BCUT2D eigenvalue weighted by atomic mass is 35.5. The third kappa shape index (κ3) is 6.94. The van der Waals surface area contributed by atoms with E-state index in [1.807, 2.05) is 0 Å². The monoisotopic (exact) mass is 576 g/mol. The van der Waals surface area contributed by atoms with E-state index in [1.54, 1.807) is 0 Å². The van der Waals surface area contributed by atoms with Gasteiger partial charge in [0.1, 0.15) is 18.6 Å². The third-order valence-corrected chi connectivity index (χ3v) is 5.58. The van der Waals surface area contributed by atoms with Crippen LogP contribution in [0.3, 0.4) is 0 Å². The maximum atomic E-state index is 13.0. The molecular weight excluding hydrogens is 558 g/mol. The van der Waals surface area contributed by atoms with Gasteiger partial charge in [-0.05, 0) is 36.4 Å². The van der Waals surface area contributed by atoms with Crippen LogP contribution in [0.15, 0.2) is 53.7 Å². The summed E-state index contributed by atoms with van der Waals surface area (Å²) in [5, 5.41) is 20.9. The molecule has 0 bridgehead atoms. The molecule has 0 saturated carbocycles. The van der Waals surface area contributed by atoms with Crippen molar-refractivity contribution in [1.29, 1.82) is 0 Å². The second-order valence-corrected chi connectivity index (χ2v) is 8.64. The van der Waals surface area contributed by atoms with Crippen LogP contribution >= 0.6 is 11.6 Å². The Morgan fingerprint density at radius 2 is 1.74 bits per heavy atom. The Hall–Kier alpha value is -3.92. The van der Waals surface area contributed by atoms with Crippen LogP contribution in [0, 0.1) is 0 Å². The van der Waals surface area contributed by atoms with Crippen molar-refractivity contribution in [2.75, 3.05) is 11.9 Å². The van der Waals surface area contributed by atoms with Gasteiger partial charge in [-0.25, -0.2) is 24.1 Å². The zero-order chi connectivity index (χ0) is 28.4. The van der Waals surface area contributed by atoms with Crippen LogP contribution in [0.5, 0.6) is 0 Å². The average Bonchev–Trinajstić information content (AvgIpc) is 3.44. The van der Waals surface area contributed by atoms with E-state index in [-0.39, 0.29) is 35.3 Å². The van der Waals surface area contributed by atoms with E-state index in [9.17, 15) is 36.2 Å². The molecule has 1 atom stereocenters. The summed E-state index contributed by atoms with van der Waals surface area (Å²) in [5.74, 6) is -0.0283. The van der Waals surface area contributed by atoms with E-state index in [0.29, 0.717) is 9.59 Å². The Kier molecular flexibility index (Phi) is 7.96. The van der Waals surface area contributed by atoms with Crippen LogP contribution in [0.4, 0.5) is 32.2 Å². The van der Waals surface area contributed by atoms with Crippen LogP contribution in [-0.2, 0) is 13.1 Å². The Labute approximate surface area is 220 Å². The van der Waals surface area contributed by atoms with E-state index in [2.05, 4.69) is 25.5 Å². The van der Waals surface area contributed by atoms with E-state index in [1.165, 1.54) is 53.6 Å². The topological polar surface area (TPSA) is 116 Å². The quantitative estimate of drug-likeness (QED) is 0.292. The van der Waals surface area contributed by atoms with Crippen molar-refractivity contribution in [2.45, 2.75) is 38.0 Å². The summed E-state index contributed by atoms with van der Waals surface area (Å²) in [6.07, 6.45) is -10.6. The number of anilines is 1. The Morgan fingerprint density at radius 3 is 2.41 bits per heavy atom. The van der Waals surface area contributed by atoms with Gasteiger partial charge in [0.25, 0.3) is 0 Å². The first kappa shape index (κ1) is 28.1. The fourth-order valence-electron chi connectivity index (χ4n) is 3.46. The van der Waals surface area contributed by atoms with Crippen molar-refractivity contribution in [2.24, 2.45) is 0 Å². The van der Waals surface area contributed by atoms with Crippen molar-refractivity contribution in [3.05, 3.63) is 70.3 Å². The van der Waals surface area contributed by atoms with E-state index in [0.717, 1.165) is 4.68 Å². The smallest absolute Gasteiger partial charge is 0.382 e. The zero-order valence-electron chi connectivity index (χ0n) is 19.7. The van der Waals surface area contributed by atoms with Crippen molar-refractivity contribution in [3.63, 3.8) is 0 Å². The van der Waals surface area contributed by atoms with Gasteiger partial charge in [0.05, 0.1) is 13.0 Å². The largest absolute Gasteiger partial charge is 0.416 e. The van der Waals surface area contributed by atoms with E-state index < -0.39 is 43.7 Å². The maximum absolute atomic E-state index is 13.0. The molecule has 4 rings (SSSR count). The second kappa shape index (κ2) is 11.1. The molecule has 0 fully saturated rings. The Bertz CT molecular complexity index is 1480. The minimum atomic E-state index is -4.98. The van der Waals surface area contributed by atoms with Crippen LogP contribution in [0.25, 0.3) is 17.1 Å². The number of halogens is 7. The second-order valence-electron chi connectivity index (χ2n) is 8.21. The molecule has 1 aromatic carbocycles. The van der Waals surface area contributed by atoms with Crippen molar-refractivity contribution in [3.8, 4) is 17.1 Å². The summed E-state index contributed by atoms with van der Waals surface area (Å²) in [6.45, 7) is -1.90. The molecule has 0 radical (unpaired) electrons. The number of pyridine rings is 1. The van der Waals surface area contributed by atoms with Gasteiger partial charge in [-0.2, -0.15) is 26.3 Å². The van der Waals surface area contributed by atoms with Crippen molar-refractivity contribution >= 4 is 17.4 Å². The summed E-state index contributed by atoms with van der Waals surface area (Å²) in [6, 6.07) is 8.88. The van der Waals surface area contributed by atoms with Gasteiger partial charge in [-0.15, -0.1) is 10.2 Å². The molecule has 39 heavy (non-hydrogen) atoms. The molecule has 0 aliphatic heterocycles. The predicted molar refractivity (Wildman–Crippen MR) is 126 cm³/mol. The predicted octanol–water partition coefficient (Wildman–Crippen LogP) is 3.68. The van der Waals surface area contributed by atoms with Crippen LogP contribution in [0.2, 0.25) is 5.02 Å². The first-order valence-electron chi connectivity index (χ1n) is 11.2. The fourth-order valence-corrected chi connectivity index (χ4v) is 3.58. The number of aliphatic hydroxyl groups is 1. The molecule has 0 saturated heterocycles. The molecule has 0 amide bonds. The Morgan fingerprint density at radius 1 is 1.03 bits per heavy atom. The SMILES string of the molecule is O=c1n(Cc2ncn(-c3cccnc3NCCC(F)(F)F)n2)nc(-c2ccc(Cl)cc2)n1CC(O)C(F)(F)F. The lowest BCUT2D eigenvalue weighted by molar-refractivity contribution is -0.207. The Balaban J connectivity index is 1.62. The maximum Gasteiger partial charge on any atom is 0.416 e. The number of rotatable bonds is 9. The van der Waals surface area contributed by atoms with Gasteiger partial charge in [-0.3, -0.25) is 4.57 Å². The number of hydrogen-bond donors (Lipinski definition) is 2. The molecule has 208 valence electrons. The van der Waals surface area contributed by atoms with E-state index in [4.69, 9.17) is 11.6 Å². The summed E-state index contributed by atoms with van der Waals surface area (Å²) in [7, 11) is 0. The van der Waals surface area contributed by atoms with Gasteiger partial charge >= 0.3 is 18.0 Å². The lowest BCUT2D eigenvalue weighted by atomic mass is 10.2. The number of benzene rings is 1. The number of nitrogens with one attached hydrogen (secondary N) is 1. The third-order valence-electron chi connectivity index (χ3n) is 5.32. The summed E-state index contributed by atoms with van der Waals surface area (Å²) < 4.78 is 79.4. The lowest BCUT2D eigenvalue weighted by Crippen LogP contribution is -2.37. The molecule has 1 unspecified atom stereocenters. The highest BCUT2D eigenvalue weighted by Crippen LogP contribution is 2.24. The first-order chi connectivity index (χ1) is 18.3. The minimum absolute atomic E-state index is 0.0193. The van der Waals surface area contributed by atoms with Gasteiger partial charge in [0.2, 0.25) is 0 Å². The highest BCUT2D eigenvalue weighted by molar-refractivity contribution is 6.30. The number of hydrogen-bond acceptors (Lipinski definition) is 7. The molecule has 0 aliphatic carbocycles. The molecule has 10 nitrogen and oxygen atoms in total. The minimum Gasteiger partial charge on any atom is -0.382 e. The average molecular weight is 577 g/mol. The van der Waals surface area contributed by atoms with Crippen LogP contribution < -0.4 is 11.0 Å². The lowest BCUT2D eigenvalue weighted by Gasteiger charge is -2.15. The number of aromatic nitrogens is 7. The van der Waals surface area contributed by atoms with Crippen molar-refractivity contribution in [1.82, 2.24) is 34.1 Å². The summed E-state index contributed by atoms with van der Waals surface area (Å²) in [4.78, 5) is 21.1. The molecule has 0 aliphatic rings. The zero-order valence-corrected chi connectivity index (χ0v) is 20.4. The molecule has 0 spiro atoms. The fraction of sp³-hybridized carbons (Fsp3) is 0.318. The molecule has 2 N–H and O–H groups in total. The molecule has 17 heteroatoms.